The molecule has 0 saturated heterocycles. The summed E-state index contributed by atoms with van der Waals surface area (Å²) in [6.45, 7) is 0. The molecule has 2 amide bonds. The van der Waals surface area contributed by atoms with Crippen molar-refractivity contribution in [2.24, 2.45) is 0 Å². The molecule has 1 N–H and O–H groups in total. The fourth-order valence-corrected chi connectivity index (χ4v) is 0.638. The Morgan fingerprint density at radius 2 is 1.56 bits per heavy atom. The summed E-state index contributed by atoms with van der Waals surface area (Å²) in [5.74, 6) is -0.428. The van der Waals surface area contributed by atoms with E-state index in [1.54, 1.807) is 12.2 Å². The Balaban J connectivity index is 2.60. The van der Waals surface area contributed by atoms with E-state index in [1.807, 2.05) is 0 Å². The molecular weight excluding hydrogens is 118 g/mol. The van der Waals surface area contributed by atoms with Crippen LogP contribution in [0.5, 0.6) is 0 Å². The van der Waals surface area contributed by atoms with Crippen LogP contribution in [0.1, 0.15) is 12.8 Å². The lowest BCUT2D eigenvalue weighted by molar-refractivity contribution is -0.129. The quantitative estimate of drug-likeness (QED) is 0.365. The fourth-order valence-electron chi connectivity index (χ4n) is 0.638. The van der Waals surface area contributed by atoms with Gasteiger partial charge in [-0.2, -0.15) is 0 Å². The van der Waals surface area contributed by atoms with Gasteiger partial charge < -0.3 is 0 Å². The number of rotatable bonds is 0. The third-order valence-electron chi connectivity index (χ3n) is 1.05. The van der Waals surface area contributed by atoms with Gasteiger partial charge in [0.2, 0.25) is 11.8 Å². The van der Waals surface area contributed by atoms with E-state index in [2.05, 4.69) is 5.32 Å². The maximum absolute atomic E-state index is 10.5. The van der Waals surface area contributed by atoms with Gasteiger partial charge in [0, 0.05) is 12.8 Å². The Labute approximate surface area is 52.7 Å². The second-order valence-electron chi connectivity index (χ2n) is 1.85. The average Bonchev–Trinajstić information content (AvgIpc) is 1.93. The standard InChI is InChI=1S/C6H7NO2/c8-5-3-1-2-4-6(9)7-5/h1-2H,3-4H2,(H,7,8,9). The topological polar surface area (TPSA) is 46.2 Å². The van der Waals surface area contributed by atoms with Gasteiger partial charge >= 0.3 is 0 Å². The Bertz CT molecular complexity index is 154. The van der Waals surface area contributed by atoms with Crippen molar-refractivity contribution < 1.29 is 9.59 Å². The van der Waals surface area contributed by atoms with Crippen LogP contribution in [0.25, 0.3) is 0 Å². The Morgan fingerprint density at radius 1 is 1.11 bits per heavy atom. The second kappa shape index (κ2) is 2.44. The molecule has 48 valence electrons. The normalized spacial score (nSPS) is 19.1. The van der Waals surface area contributed by atoms with Crippen LogP contribution in [-0.2, 0) is 9.59 Å². The fraction of sp³-hybridized carbons (Fsp3) is 0.333. The van der Waals surface area contributed by atoms with Crippen LogP contribution in [0.15, 0.2) is 12.2 Å². The van der Waals surface area contributed by atoms with E-state index in [1.165, 1.54) is 0 Å². The summed E-state index contributed by atoms with van der Waals surface area (Å²) in [6, 6.07) is 0. The summed E-state index contributed by atoms with van der Waals surface area (Å²) in [4.78, 5) is 21.0. The minimum atomic E-state index is -0.214. The number of nitrogens with one attached hydrogen (secondary N) is 1. The average molecular weight is 125 g/mol. The number of carbonyl (C=O) groups excluding carboxylic acids is 2. The smallest absolute Gasteiger partial charge is 0.230 e. The third-order valence-corrected chi connectivity index (χ3v) is 1.05. The minimum absolute atomic E-state index is 0.214. The zero-order chi connectivity index (χ0) is 6.69. The van der Waals surface area contributed by atoms with Gasteiger partial charge in [0.05, 0.1) is 0 Å². The first-order chi connectivity index (χ1) is 4.29. The van der Waals surface area contributed by atoms with Gasteiger partial charge in [0.15, 0.2) is 0 Å². The lowest BCUT2D eigenvalue weighted by Gasteiger charge is -1.93. The first-order valence-electron chi connectivity index (χ1n) is 2.77. The third kappa shape index (κ3) is 1.68. The number of hydrogen-bond donors (Lipinski definition) is 1. The van der Waals surface area contributed by atoms with E-state index in [0.29, 0.717) is 12.8 Å². The highest BCUT2D eigenvalue weighted by Gasteiger charge is 2.06. The Hall–Kier alpha value is -1.12. The summed E-state index contributed by atoms with van der Waals surface area (Å²) in [6.07, 6.45) is 4.04. The molecule has 1 aliphatic rings. The summed E-state index contributed by atoms with van der Waals surface area (Å²) in [7, 11) is 0. The highest BCUT2D eigenvalue weighted by Crippen LogP contribution is 1.93. The highest BCUT2D eigenvalue weighted by atomic mass is 16.2. The van der Waals surface area contributed by atoms with Crippen molar-refractivity contribution in [1.82, 2.24) is 5.32 Å². The number of imide groups is 1. The maximum Gasteiger partial charge on any atom is 0.230 e. The van der Waals surface area contributed by atoms with Crippen molar-refractivity contribution in [2.75, 3.05) is 0 Å². The number of amides is 2. The van der Waals surface area contributed by atoms with E-state index in [4.69, 9.17) is 0 Å². The Kier molecular flexibility index (Phi) is 1.63. The molecule has 0 spiro atoms. The highest BCUT2D eigenvalue weighted by molar-refractivity contribution is 5.97. The molecule has 0 bridgehead atoms. The van der Waals surface area contributed by atoms with Gasteiger partial charge in [-0.25, -0.2) is 0 Å². The first kappa shape index (κ1) is 6.01. The predicted octanol–water partition coefficient (Wildman–Crippen LogP) is -0.0208. The van der Waals surface area contributed by atoms with Crippen LogP contribution in [0.4, 0.5) is 0 Å². The molecule has 0 aromatic rings. The molecule has 0 aromatic carbocycles. The van der Waals surface area contributed by atoms with Gasteiger partial charge in [0.25, 0.3) is 0 Å². The van der Waals surface area contributed by atoms with E-state index in [-0.39, 0.29) is 11.8 Å². The van der Waals surface area contributed by atoms with Gasteiger partial charge in [-0.1, -0.05) is 12.2 Å². The molecule has 0 aliphatic carbocycles. The predicted molar refractivity (Wildman–Crippen MR) is 31.5 cm³/mol. The van der Waals surface area contributed by atoms with Gasteiger partial charge in [-0.15, -0.1) is 0 Å². The minimum Gasteiger partial charge on any atom is -0.296 e. The number of carbonyl (C=O) groups is 2. The first-order valence-corrected chi connectivity index (χ1v) is 2.77. The molecule has 3 heteroatoms. The molecule has 1 aliphatic heterocycles. The van der Waals surface area contributed by atoms with E-state index < -0.39 is 0 Å². The zero-order valence-corrected chi connectivity index (χ0v) is 4.89. The lowest BCUT2D eigenvalue weighted by atomic mass is 10.3. The maximum atomic E-state index is 10.5. The zero-order valence-electron chi connectivity index (χ0n) is 4.89. The van der Waals surface area contributed by atoms with E-state index in [9.17, 15) is 9.59 Å². The van der Waals surface area contributed by atoms with Crippen molar-refractivity contribution in [3.05, 3.63) is 12.2 Å². The summed E-state index contributed by atoms with van der Waals surface area (Å²) >= 11 is 0. The van der Waals surface area contributed by atoms with Gasteiger partial charge in [-0.3, -0.25) is 14.9 Å². The summed E-state index contributed by atoms with van der Waals surface area (Å²) in [5, 5.41) is 2.20. The molecule has 1 rings (SSSR count). The van der Waals surface area contributed by atoms with Gasteiger partial charge in [0.1, 0.15) is 0 Å². The molecule has 0 unspecified atom stereocenters. The Morgan fingerprint density at radius 3 is 2.00 bits per heavy atom. The monoisotopic (exact) mass is 125 g/mol. The molecule has 0 aromatic heterocycles. The molecular formula is C6H7NO2. The van der Waals surface area contributed by atoms with Crippen molar-refractivity contribution in [3.63, 3.8) is 0 Å². The van der Waals surface area contributed by atoms with Crippen LogP contribution >= 0.6 is 0 Å². The summed E-state index contributed by atoms with van der Waals surface area (Å²) in [5.41, 5.74) is 0. The molecule has 1 heterocycles. The van der Waals surface area contributed by atoms with Crippen LogP contribution in [0.2, 0.25) is 0 Å². The number of hydrogen-bond acceptors (Lipinski definition) is 2. The van der Waals surface area contributed by atoms with Crippen LogP contribution in [-0.4, -0.2) is 11.8 Å². The van der Waals surface area contributed by atoms with Gasteiger partial charge in [-0.05, 0) is 0 Å². The van der Waals surface area contributed by atoms with Crippen molar-refractivity contribution in [3.8, 4) is 0 Å². The van der Waals surface area contributed by atoms with Crippen molar-refractivity contribution >= 4 is 11.8 Å². The van der Waals surface area contributed by atoms with Crippen molar-refractivity contribution in [1.29, 1.82) is 0 Å². The summed E-state index contributed by atoms with van der Waals surface area (Å²) < 4.78 is 0. The largest absolute Gasteiger partial charge is 0.296 e. The second-order valence-corrected chi connectivity index (χ2v) is 1.85. The molecule has 0 atom stereocenters. The SMILES string of the molecule is O=C1CC=CCC(=O)N1. The molecule has 0 fully saturated rings. The lowest BCUT2D eigenvalue weighted by Crippen LogP contribution is -2.27. The molecule has 3 nitrogen and oxygen atoms in total. The van der Waals surface area contributed by atoms with Crippen molar-refractivity contribution in [2.45, 2.75) is 12.8 Å². The molecule has 9 heavy (non-hydrogen) atoms. The van der Waals surface area contributed by atoms with E-state index >= 15 is 0 Å². The van der Waals surface area contributed by atoms with Crippen LogP contribution < -0.4 is 5.32 Å². The molecule has 0 saturated carbocycles. The molecule has 0 radical (unpaired) electrons. The van der Waals surface area contributed by atoms with Crippen LogP contribution in [0, 0.1) is 0 Å². The van der Waals surface area contributed by atoms with E-state index in [0.717, 1.165) is 0 Å². The van der Waals surface area contributed by atoms with Crippen LogP contribution in [0.3, 0.4) is 0 Å².